The van der Waals surface area contributed by atoms with Crippen LogP contribution in [-0.4, -0.2) is 21.6 Å². The Morgan fingerprint density at radius 1 is 0.636 bits per heavy atom. The lowest BCUT2D eigenvalue weighted by molar-refractivity contribution is 0.303. The van der Waals surface area contributed by atoms with Gasteiger partial charge in [-0.25, -0.2) is 0 Å². The Labute approximate surface area is 155 Å². The fourth-order valence-corrected chi connectivity index (χ4v) is 17.0. The van der Waals surface area contributed by atoms with Crippen molar-refractivity contribution in [1.82, 2.24) is 0 Å². The molecule has 2 unspecified atom stereocenters. The number of halogens is 2. The van der Waals surface area contributed by atoms with Crippen molar-refractivity contribution in [3.05, 3.63) is 0 Å². The zero-order valence-electron chi connectivity index (χ0n) is 13.7. The van der Waals surface area contributed by atoms with Gasteiger partial charge in [0.1, 0.15) is 0 Å². The first kappa shape index (κ1) is 17.2. The van der Waals surface area contributed by atoms with Crippen molar-refractivity contribution in [2.24, 2.45) is 0 Å². The van der Waals surface area contributed by atoms with Crippen LogP contribution in [0.3, 0.4) is 0 Å². The molecule has 0 nitrogen and oxygen atoms in total. The van der Waals surface area contributed by atoms with Crippen LogP contribution >= 0.6 is 44.2 Å². The van der Waals surface area contributed by atoms with E-state index in [1.807, 2.05) is 0 Å². The van der Waals surface area contributed by atoms with Gasteiger partial charge in [0, 0.05) is 10.3 Å². The van der Waals surface area contributed by atoms with Gasteiger partial charge < -0.3 is 0 Å². The standard InChI is InChI=1S/C18H30Br2P2/c19-21-15-5-1-9-17(21,10-2-6-15)13-14-18-11-3-7-16(22(18)20)8-4-12-18/h15-16H,1-14H2. The normalized spacial score (nSPS) is 51.5. The third-order valence-electron chi connectivity index (χ3n) is 7.32. The van der Waals surface area contributed by atoms with Gasteiger partial charge in [0.25, 0.3) is 0 Å². The second-order valence-electron chi connectivity index (χ2n) is 8.45. The minimum Gasteiger partial charge on any atom is -0.0596 e. The van der Waals surface area contributed by atoms with E-state index in [1.165, 1.54) is 51.4 Å². The molecule has 0 N–H and O–H groups in total. The molecule has 0 saturated carbocycles. The number of hydrogen-bond acceptors (Lipinski definition) is 0. The Balaban J connectivity index is 1.49. The summed E-state index contributed by atoms with van der Waals surface area (Å²) in [4.78, 5) is 0. The summed E-state index contributed by atoms with van der Waals surface area (Å²) < 4.78 is 0. The van der Waals surface area contributed by atoms with Crippen LogP contribution in [0.25, 0.3) is 0 Å². The van der Waals surface area contributed by atoms with Crippen molar-refractivity contribution < 1.29 is 0 Å². The lowest BCUT2D eigenvalue weighted by atomic mass is 9.80. The van der Waals surface area contributed by atoms with E-state index in [9.17, 15) is 0 Å². The van der Waals surface area contributed by atoms with E-state index in [2.05, 4.69) is 31.0 Å². The highest BCUT2D eigenvalue weighted by Crippen LogP contribution is 2.75. The predicted octanol–water partition coefficient (Wildman–Crippen LogP) is 8.30. The smallest absolute Gasteiger partial charge is 0.000639 e. The van der Waals surface area contributed by atoms with Gasteiger partial charge in [0.05, 0.1) is 0 Å². The van der Waals surface area contributed by atoms with Gasteiger partial charge in [-0.05, 0) is 88.8 Å². The maximum Gasteiger partial charge on any atom is 0.000639 e. The summed E-state index contributed by atoms with van der Waals surface area (Å²) in [6.45, 7) is 0.258. The van der Waals surface area contributed by atoms with E-state index in [1.54, 1.807) is 38.5 Å². The Morgan fingerprint density at radius 3 is 1.27 bits per heavy atom. The van der Waals surface area contributed by atoms with Crippen molar-refractivity contribution >= 4 is 44.2 Å². The molecule has 2 atom stereocenters. The number of fused-ring (bicyclic) bond motifs is 4. The molecule has 126 valence electrons. The second-order valence-corrected chi connectivity index (χ2v) is 17.6. The molecule has 4 heterocycles. The van der Waals surface area contributed by atoms with Crippen LogP contribution in [0.1, 0.15) is 89.9 Å². The molecule has 0 aliphatic carbocycles. The quantitative estimate of drug-likeness (QED) is 0.366. The summed E-state index contributed by atoms with van der Waals surface area (Å²) in [6.07, 6.45) is 21.5. The molecular weight excluding hydrogens is 438 g/mol. The Kier molecular flexibility index (Phi) is 5.37. The van der Waals surface area contributed by atoms with E-state index < -0.39 is 0 Å². The molecule has 4 aliphatic heterocycles. The largest absolute Gasteiger partial charge is 0.0596 e. The van der Waals surface area contributed by atoms with Crippen LogP contribution in [0.5, 0.6) is 0 Å². The molecule has 0 aromatic heterocycles. The van der Waals surface area contributed by atoms with E-state index in [0.29, 0.717) is 0 Å². The number of hydrogen-bond donors (Lipinski definition) is 0. The summed E-state index contributed by atoms with van der Waals surface area (Å²) in [5.74, 6) is 0. The summed E-state index contributed by atoms with van der Waals surface area (Å²) in [5.41, 5.74) is 2.12. The summed E-state index contributed by atoms with van der Waals surface area (Å²) in [7, 11) is 0. The molecule has 0 aromatic rings. The zero-order chi connectivity index (χ0) is 15.2. The van der Waals surface area contributed by atoms with Crippen LogP contribution < -0.4 is 0 Å². The van der Waals surface area contributed by atoms with E-state index >= 15 is 0 Å². The van der Waals surface area contributed by atoms with E-state index in [4.69, 9.17) is 0 Å². The highest BCUT2D eigenvalue weighted by molar-refractivity contribution is 9.39. The van der Waals surface area contributed by atoms with Gasteiger partial charge in [-0.2, -0.15) is 0 Å². The van der Waals surface area contributed by atoms with Crippen molar-refractivity contribution in [3.63, 3.8) is 0 Å². The molecule has 4 heteroatoms. The van der Waals surface area contributed by atoms with Crippen LogP contribution in [-0.2, 0) is 0 Å². The van der Waals surface area contributed by atoms with Crippen molar-refractivity contribution in [1.29, 1.82) is 0 Å². The Hall–Kier alpha value is 1.82. The minimum absolute atomic E-state index is 0.129. The minimum atomic E-state index is 0.129. The molecule has 0 amide bonds. The first-order valence-corrected chi connectivity index (χ1v) is 16.4. The van der Waals surface area contributed by atoms with Crippen LogP contribution in [0.15, 0.2) is 0 Å². The Morgan fingerprint density at radius 2 is 0.955 bits per heavy atom. The maximum atomic E-state index is 4.25. The third kappa shape index (κ3) is 2.93. The van der Waals surface area contributed by atoms with Crippen molar-refractivity contribution in [2.75, 3.05) is 0 Å². The predicted molar refractivity (Wildman–Crippen MR) is 109 cm³/mol. The molecular formula is C18H30Br2P2. The van der Waals surface area contributed by atoms with Gasteiger partial charge >= 0.3 is 0 Å². The molecule has 0 spiro atoms. The van der Waals surface area contributed by atoms with Crippen molar-refractivity contribution in [3.8, 4) is 0 Å². The molecule has 4 saturated heterocycles. The fourth-order valence-electron chi connectivity index (χ4n) is 6.04. The molecule has 4 fully saturated rings. The average molecular weight is 468 g/mol. The first-order valence-electron chi connectivity index (χ1n) is 9.56. The van der Waals surface area contributed by atoms with Crippen LogP contribution in [0.2, 0.25) is 0 Å². The lowest BCUT2D eigenvalue weighted by Crippen LogP contribution is -2.41. The third-order valence-corrected chi connectivity index (χ3v) is 20.8. The van der Waals surface area contributed by atoms with Crippen molar-refractivity contribution in [2.45, 2.75) is 112 Å². The highest BCUT2D eigenvalue weighted by atomic mass is 79.9. The van der Waals surface area contributed by atoms with Gasteiger partial charge in [-0.3, -0.25) is 0 Å². The van der Waals surface area contributed by atoms with Crippen LogP contribution in [0.4, 0.5) is 0 Å². The second kappa shape index (κ2) is 6.85. The molecule has 0 aromatic carbocycles. The lowest BCUT2D eigenvalue weighted by Gasteiger charge is -2.54. The molecule has 4 aliphatic rings. The van der Waals surface area contributed by atoms with Gasteiger partial charge in [-0.1, -0.05) is 56.7 Å². The van der Waals surface area contributed by atoms with E-state index in [-0.39, 0.29) is 13.2 Å². The zero-order valence-corrected chi connectivity index (χ0v) is 18.7. The van der Waals surface area contributed by atoms with E-state index in [0.717, 1.165) is 21.6 Å². The fraction of sp³-hybridized carbons (Fsp3) is 1.00. The highest BCUT2D eigenvalue weighted by Gasteiger charge is 2.51. The maximum absolute atomic E-state index is 4.25. The first-order chi connectivity index (χ1) is 10.7. The molecule has 4 rings (SSSR count). The SMILES string of the molecule is BrP1C2CCCC1(CCC13CCCC(CCC1)P3Br)CCC2. The monoisotopic (exact) mass is 466 g/mol. The van der Waals surface area contributed by atoms with Crippen LogP contribution in [0, 0.1) is 0 Å². The summed E-state index contributed by atoms with van der Waals surface area (Å²) in [5, 5.41) is 1.47. The molecule has 22 heavy (non-hydrogen) atoms. The summed E-state index contributed by atoms with van der Waals surface area (Å²) >= 11 is 8.51. The Bertz CT molecular complexity index is 356. The topological polar surface area (TPSA) is 0 Å². The van der Waals surface area contributed by atoms with Gasteiger partial charge in [0.2, 0.25) is 0 Å². The van der Waals surface area contributed by atoms with Gasteiger partial charge in [0.15, 0.2) is 0 Å². The summed E-state index contributed by atoms with van der Waals surface area (Å²) in [6, 6.07) is 0. The molecule has 0 radical (unpaired) electrons. The number of rotatable bonds is 3. The van der Waals surface area contributed by atoms with Gasteiger partial charge in [-0.15, -0.1) is 0 Å². The molecule has 4 bridgehead atoms. The average Bonchev–Trinajstić information content (AvgIpc) is 2.47.